The van der Waals surface area contributed by atoms with E-state index in [0.717, 1.165) is 5.56 Å². The van der Waals surface area contributed by atoms with Gasteiger partial charge in [0.15, 0.2) is 0 Å². The largest absolute Gasteiger partial charge is 0.357 e. The van der Waals surface area contributed by atoms with Gasteiger partial charge in [0.05, 0.1) is 6.42 Å². The first-order valence-corrected chi connectivity index (χ1v) is 8.83. The smallest absolute Gasteiger partial charge is 0.242 e. The third kappa shape index (κ3) is 4.82. The summed E-state index contributed by atoms with van der Waals surface area (Å²) in [5.74, 6) is -1.03. The zero-order valence-electron chi connectivity index (χ0n) is 14.8. The maximum absolute atomic E-state index is 13.9. The van der Waals surface area contributed by atoms with Crippen molar-refractivity contribution in [3.05, 3.63) is 70.5 Å². The minimum absolute atomic E-state index is 0.120. The highest BCUT2D eigenvalue weighted by Crippen LogP contribution is 2.21. The molecule has 2 amide bonds. The van der Waals surface area contributed by atoms with Crippen LogP contribution in [0.15, 0.2) is 48.5 Å². The summed E-state index contributed by atoms with van der Waals surface area (Å²) in [6.45, 7) is 2.01. The molecule has 26 heavy (non-hydrogen) atoms. The normalized spacial score (nSPS) is 11.7. The number of rotatable bonds is 7. The summed E-state index contributed by atoms with van der Waals surface area (Å²) in [6, 6.07) is 12.6. The topological polar surface area (TPSA) is 49.4 Å². The molecule has 2 aromatic carbocycles. The maximum atomic E-state index is 13.9. The van der Waals surface area contributed by atoms with Gasteiger partial charge in [-0.15, -0.1) is 0 Å². The predicted molar refractivity (Wildman–Crippen MR) is 100 cm³/mol. The molecule has 1 N–H and O–H groups in total. The molecule has 0 aliphatic heterocycles. The van der Waals surface area contributed by atoms with Gasteiger partial charge in [0.1, 0.15) is 11.9 Å². The van der Waals surface area contributed by atoms with E-state index < -0.39 is 11.9 Å². The number of carbonyl (C=O) groups excluding carboxylic acids is 2. The van der Waals surface area contributed by atoms with Gasteiger partial charge in [-0.3, -0.25) is 9.59 Å². The zero-order valence-corrected chi connectivity index (χ0v) is 15.6. The summed E-state index contributed by atoms with van der Waals surface area (Å²) < 4.78 is 13.9. The minimum Gasteiger partial charge on any atom is -0.357 e. The van der Waals surface area contributed by atoms with Gasteiger partial charge in [-0.05, 0) is 29.7 Å². The second kappa shape index (κ2) is 9.34. The molecular formula is C20H22ClFN2O2. The van der Waals surface area contributed by atoms with Crippen molar-refractivity contribution >= 4 is 23.4 Å². The first-order valence-electron chi connectivity index (χ1n) is 8.45. The number of likely N-dealkylation sites (N-methyl/N-ethyl adjacent to an activating group) is 1. The molecule has 0 saturated carbocycles. The van der Waals surface area contributed by atoms with Crippen LogP contribution < -0.4 is 5.32 Å². The van der Waals surface area contributed by atoms with Gasteiger partial charge >= 0.3 is 0 Å². The molecule has 4 nitrogen and oxygen atoms in total. The van der Waals surface area contributed by atoms with E-state index in [2.05, 4.69) is 5.32 Å². The molecule has 0 radical (unpaired) electrons. The summed E-state index contributed by atoms with van der Waals surface area (Å²) >= 11 is 6.22. The Morgan fingerprint density at radius 2 is 1.73 bits per heavy atom. The number of halogens is 2. The standard InChI is InChI=1S/C20H22ClFN2O2/c1-3-18(20(26)23-2)24(13-15-9-4-6-10-16(15)21)19(25)12-14-8-5-7-11-17(14)22/h4-11,18H,3,12-13H2,1-2H3,(H,23,26)/t18-/m1/s1. The number of hydrogen-bond donors (Lipinski definition) is 1. The van der Waals surface area contributed by atoms with E-state index in [9.17, 15) is 14.0 Å². The molecule has 0 bridgehead atoms. The average Bonchev–Trinajstić information content (AvgIpc) is 2.64. The molecule has 0 fully saturated rings. The molecule has 0 heterocycles. The summed E-state index contributed by atoms with van der Waals surface area (Å²) in [5, 5.41) is 3.10. The fraction of sp³-hybridized carbons (Fsp3) is 0.300. The molecule has 6 heteroatoms. The zero-order chi connectivity index (χ0) is 19.1. The van der Waals surface area contributed by atoms with Crippen molar-refractivity contribution in [3.63, 3.8) is 0 Å². The minimum atomic E-state index is -0.657. The van der Waals surface area contributed by atoms with Gasteiger partial charge in [0.25, 0.3) is 0 Å². The molecule has 0 spiro atoms. The number of amides is 2. The Morgan fingerprint density at radius 3 is 2.31 bits per heavy atom. The van der Waals surface area contributed by atoms with Crippen LogP contribution in [0.5, 0.6) is 0 Å². The van der Waals surface area contributed by atoms with Crippen molar-refractivity contribution in [1.29, 1.82) is 0 Å². The molecule has 0 aliphatic rings. The lowest BCUT2D eigenvalue weighted by Crippen LogP contribution is -2.48. The van der Waals surface area contributed by atoms with Crippen LogP contribution in [-0.4, -0.2) is 29.8 Å². The van der Waals surface area contributed by atoms with Crippen LogP contribution >= 0.6 is 11.6 Å². The number of nitrogens with one attached hydrogen (secondary N) is 1. The van der Waals surface area contributed by atoms with Crippen LogP contribution in [0.4, 0.5) is 4.39 Å². The van der Waals surface area contributed by atoms with Crippen LogP contribution in [0.1, 0.15) is 24.5 Å². The second-order valence-electron chi connectivity index (χ2n) is 5.92. The van der Waals surface area contributed by atoms with E-state index in [1.54, 1.807) is 30.3 Å². The fourth-order valence-electron chi connectivity index (χ4n) is 2.80. The van der Waals surface area contributed by atoms with Crippen LogP contribution in [-0.2, 0) is 22.6 Å². The number of carbonyl (C=O) groups is 2. The first-order chi connectivity index (χ1) is 12.5. The van der Waals surface area contributed by atoms with Crippen molar-refractivity contribution in [3.8, 4) is 0 Å². The van der Waals surface area contributed by atoms with E-state index in [1.165, 1.54) is 18.0 Å². The van der Waals surface area contributed by atoms with Gasteiger partial charge in [0, 0.05) is 18.6 Å². The second-order valence-corrected chi connectivity index (χ2v) is 6.33. The molecular weight excluding hydrogens is 355 g/mol. The molecule has 0 aliphatic carbocycles. The Labute approximate surface area is 158 Å². The lowest BCUT2D eigenvalue weighted by Gasteiger charge is -2.30. The van der Waals surface area contributed by atoms with Crippen LogP contribution in [0.25, 0.3) is 0 Å². The van der Waals surface area contributed by atoms with Crippen molar-refractivity contribution < 1.29 is 14.0 Å². The molecule has 138 valence electrons. The lowest BCUT2D eigenvalue weighted by atomic mass is 10.1. The monoisotopic (exact) mass is 376 g/mol. The Kier molecular flexibility index (Phi) is 7.16. The van der Waals surface area contributed by atoms with Gasteiger partial charge in [0.2, 0.25) is 11.8 Å². The third-order valence-corrected chi connectivity index (χ3v) is 4.60. The van der Waals surface area contributed by atoms with Gasteiger partial charge in [-0.1, -0.05) is 54.9 Å². The fourth-order valence-corrected chi connectivity index (χ4v) is 3.00. The molecule has 0 aromatic heterocycles. The first kappa shape index (κ1) is 19.9. The van der Waals surface area contributed by atoms with Crippen molar-refractivity contribution in [1.82, 2.24) is 10.2 Å². The highest BCUT2D eigenvalue weighted by Gasteiger charge is 2.28. The van der Waals surface area contributed by atoms with E-state index in [-0.39, 0.29) is 24.8 Å². The van der Waals surface area contributed by atoms with Gasteiger partial charge < -0.3 is 10.2 Å². The molecule has 2 aromatic rings. The predicted octanol–water partition coefficient (Wildman–Crippen LogP) is 3.58. The van der Waals surface area contributed by atoms with E-state index in [4.69, 9.17) is 11.6 Å². The quantitative estimate of drug-likeness (QED) is 0.803. The molecule has 2 rings (SSSR count). The molecule has 0 saturated heterocycles. The van der Waals surface area contributed by atoms with Crippen molar-refractivity contribution in [2.24, 2.45) is 0 Å². The average molecular weight is 377 g/mol. The van der Waals surface area contributed by atoms with Gasteiger partial charge in [-0.2, -0.15) is 0 Å². The van der Waals surface area contributed by atoms with E-state index >= 15 is 0 Å². The van der Waals surface area contributed by atoms with Crippen LogP contribution in [0.2, 0.25) is 5.02 Å². The van der Waals surface area contributed by atoms with Crippen molar-refractivity contribution in [2.45, 2.75) is 32.4 Å². The SMILES string of the molecule is CC[C@H](C(=O)NC)N(Cc1ccccc1Cl)C(=O)Cc1ccccc1F. The summed E-state index contributed by atoms with van der Waals surface area (Å²) in [4.78, 5) is 26.7. The Balaban J connectivity index is 2.32. The van der Waals surface area contributed by atoms with E-state index in [0.29, 0.717) is 17.0 Å². The number of nitrogens with zero attached hydrogens (tertiary/aromatic N) is 1. The summed E-state index contributed by atoms with van der Waals surface area (Å²) in [6.07, 6.45) is 0.317. The molecule has 0 unspecified atom stereocenters. The van der Waals surface area contributed by atoms with E-state index in [1.807, 2.05) is 19.1 Å². The Bertz CT molecular complexity index is 782. The van der Waals surface area contributed by atoms with Gasteiger partial charge in [-0.25, -0.2) is 4.39 Å². The number of benzene rings is 2. The maximum Gasteiger partial charge on any atom is 0.242 e. The Hall–Kier alpha value is -2.40. The summed E-state index contributed by atoms with van der Waals surface area (Å²) in [5.41, 5.74) is 1.03. The lowest BCUT2D eigenvalue weighted by molar-refractivity contribution is -0.140. The highest BCUT2D eigenvalue weighted by atomic mass is 35.5. The summed E-state index contributed by atoms with van der Waals surface area (Å²) in [7, 11) is 1.53. The highest BCUT2D eigenvalue weighted by molar-refractivity contribution is 6.31. The Morgan fingerprint density at radius 1 is 1.12 bits per heavy atom. The van der Waals surface area contributed by atoms with Crippen LogP contribution in [0.3, 0.4) is 0 Å². The molecule has 1 atom stereocenters. The number of hydrogen-bond acceptors (Lipinski definition) is 2. The van der Waals surface area contributed by atoms with Crippen molar-refractivity contribution in [2.75, 3.05) is 7.05 Å². The van der Waals surface area contributed by atoms with Crippen LogP contribution in [0, 0.1) is 5.82 Å². The third-order valence-electron chi connectivity index (χ3n) is 4.23.